The number of anilines is 1. The Kier molecular flexibility index (Phi) is 5.02. The lowest BCUT2D eigenvalue weighted by Gasteiger charge is -2.35. The third-order valence-electron chi connectivity index (χ3n) is 4.75. The highest BCUT2D eigenvalue weighted by atomic mass is 16.6. The summed E-state index contributed by atoms with van der Waals surface area (Å²) in [4.78, 5) is 26.6. The molecule has 0 fully saturated rings. The first kappa shape index (κ1) is 17.7. The van der Waals surface area contributed by atoms with Crippen LogP contribution in [0.5, 0.6) is 0 Å². The molecule has 0 N–H and O–H groups in total. The maximum absolute atomic E-state index is 13.1. The average molecular weight is 369 g/mol. The lowest BCUT2D eigenvalue weighted by molar-refractivity contribution is -0.105. The second-order valence-electron chi connectivity index (χ2n) is 6.54. The van der Waals surface area contributed by atoms with E-state index in [0.29, 0.717) is 5.57 Å². The van der Waals surface area contributed by atoms with Gasteiger partial charge in [0.05, 0.1) is 11.7 Å². The van der Waals surface area contributed by atoms with Crippen LogP contribution in [0.4, 0.5) is 10.5 Å². The van der Waals surface area contributed by atoms with Gasteiger partial charge >= 0.3 is 6.09 Å². The lowest BCUT2D eigenvalue weighted by Crippen LogP contribution is -2.38. The van der Waals surface area contributed by atoms with E-state index < -0.39 is 12.1 Å². The molecule has 1 heterocycles. The highest BCUT2D eigenvalue weighted by Crippen LogP contribution is 2.40. The number of carbonyl (C=O) groups is 2. The molecule has 0 aromatic heterocycles. The normalized spacial score (nSPS) is 15.4. The van der Waals surface area contributed by atoms with Gasteiger partial charge in [0.25, 0.3) is 0 Å². The van der Waals surface area contributed by atoms with Gasteiger partial charge in [-0.25, -0.2) is 4.79 Å². The number of nitrogens with zero attached hydrogens (tertiary/aromatic N) is 1. The third kappa shape index (κ3) is 3.45. The number of benzene rings is 3. The van der Waals surface area contributed by atoms with Crippen LogP contribution in [-0.4, -0.2) is 12.4 Å². The number of para-hydroxylation sites is 1. The lowest BCUT2D eigenvalue weighted by atomic mass is 9.91. The first-order valence-corrected chi connectivity index (χ1v) is 9.08. The largest absolute Gasteiger partial charge is 0.444 e. The number of hydrogen-bond donors (Lipinski definition) is 0. The molecule has 0 saturated carbocycles. The molecule has 1 aliphatic rings. The van der Waals surface area contributed by atoms with E-state index >= 15 is 0 Å². The summed E-state index contributed by atoms with van der Waals surface area (Å²) in [5, 5.41) is 0. The van der Waals surface area contributed by atoms with Crippen LogP contribution in [0, 0.1) is 0 Å². The van der Waals surface area contributed by atoms with Crippen molar-refractivity contribution in [2.45, 2.75) is 12.6 Å². The van der Waals surface area contributed by atoms with E-state index in [4.69, 9.17) is 4.74 Å². The first-order valence-electron chi connectivity index (χ1n) is 9.08. The molecular formula is C24H19NO3. The van der Waals surface area contributed by atoms with E-state index in [0.717, 1.165) is 28.7 Å². The Bertz CT molecular complexity index is 1010. The molecule has 4 nitrogen and oxygen atoms in total. The van der Waals surface area contributed by atoms with Crippen molar-refractivity contribution in [3.05, 3.63) is 107 Å². The summed E-state index contributed by atoms with van der Waals surface area (Å²) in [5.41, 5.74) is 3.81. The van der Waals surface area contributed by atoms with Crippen LogP contribution in [-0.2, 0) is 16.1 Å². The van der Waals surface area contributed by atoms with E-state index in [1.165, 1.54) is 0 Å². The maximum atomic E-state index is 13.1. The molecule has 3 aromatic rings. The summed E-state index contributed by atoms with van der Waals surface area (Å²) < 4.78 is 5.61. The number of rotatable bonds is 4. The summed E-state index contributed by atoms with van der Waals surface area (Å²) in [6.45, 7) is 0.167. The van der Waals surface area contributed by atoms with Crippen LogP contribution in [0.3, 0.4) is 0 Å². The number of fused-ring (bicyclic) bond motifs is 1. The van der Waals surface area contributed by atoms with Crippen molar-refractivity contribution in [3.8, 4) is 0 Å². The van der Waals surface area contributed by atoms with Crippen molar-refractivity contribution in [2.24, 2.45) is 0 Å². The van der Waals surface area contributed by atoms with Gasteiger partial charge in [0.15, 0.2) is 0 Å². The molecule has 0 aliphatic carbocycles. The van der Waals surface area contributed by atoms with E-state index in [9.17, 15) is 9.59 Å². The van der Waals surface area contributed by atoms with Crippen molar-refractivity contribution in [2.75, 3.05) is 4.90 Å². The predicted octanol–water partition coefficient (Wildman–Crippen LogP) is 5.17. The molecule has 0 bridgehead atoms. The quantitative estimate of drug-likeness (QED) is 0.596. The molecule has 0 unspecified atom stereocenters. The summed E-state index contributed by atoms with van der Waals surface area (Å²) >= 11 is 0. The Morgan fingerprint density at radius 3 is 2.25 bits per heavy atom. The summed E-state index contributed by atoms with van der Waals surface area (Å²) in [7, 11) is 0. The fourth-order valence-electron chi connectivity index (χ4n) is 3.44. The van der Waals surface area contributed by atoms with Gasteiger partial charge in [-0.1, -0.05) is 78.9 Å². The first-order chi connectivity index (χ1) is 13.8. The second-order valence-corrected chi connectivity index (χ2v) is 6.54. The van der Waals surface area contributed by atoms with E-state index in [-0.39, 0.29) is 6.61 Å². The Hall–Kier alpha value is -3.66. The molecule has 0 radical (unpaired) electrons. The molecule has 3 aromatic carbocycles. The third-order valence-corrected chi connectivity index (χ3v) is 4.75. The van der Waals surface area contributed by atoms with Gasteiger partial charge in [0, 0.05) is 5.57 Å². The molecule has 28 heavy (non-hydrogen) atoms. The Morgan fingerprint density at radius 2 is 1.54 bits per heavy atom. The van der Waals surface area contributed by atoms with Gasteiger partial charge in [-0.3, -0.25) is 9.69 Å². The SMILES string of the molecule is O=CC1=Cc2ccccc2N(C(=O)OCc2ccccc2)[C@@H]1c1ccccc1. The number of amides is 1. The van der Waals surface area contributed by atoms with Crippen LogP contribution in [0.2, 0.25) is 0 Å². The average Bonchev–Trinajstić information content (AvgIpc) is 2.77. The molecule has 4 heteroatoms. The molecule has 0 spiro atoms. The Labute approximate surface area is 163 Å². The molecule has 4 rings (SSSR count). The van der Waals surface area contributed by atoms with Gasteiger partial charge in [-0.15, -0.1) is 0 Å². The second kappa shape index (κ2) is 7.92. The molecule has 138 valence electrons. The molecule has 1 amide bonds. The summed E-state index contributed by atoms with van der Waals surface area (Å²) in [5.74, 6) is 0. The van der Waals surface area contributed by atoms with Crippen LogP contribution >= 0.6 is 0 Å². The Balaban J connectivity index is 1.73. The fraction of sp³-hybridized carbons (Fsp3) is 0.0833. The van der Waals surface area contributed by atoms with Crippen molar-refractivity contribution < 1.29 is 14.3 Å². The number of aldehydes is 1. The van der Waals surface area contributed by atoms with Gasteiger partial charge in [-0.05, 0) is 28.8 Å². The van der Waals surface area contributed by atoms with Crippen LogP contribution < -0.4 is 4.90 Å². The van der Waals surface area contributed by atoms with Crippen LogP contribution in [0.1, 0.15) is 22.7 Å². The zero-order valence-electron chi connectivity index (χ0n) is 15.2. The van der Waals surface area contributed by atoms with Crippen LogP contribution in [0.25, 0.3) is 6.08 Å². The number of ether oxygens (including phenoxy) is 1. The van der Waals surface area contributed by atoms with Crippen molar-refractivity contribution >= 4 is 24.1 Å². The summed E-state index contributed by atoms with van der Waals surface area (Å²) in [6.07, 6.45) is 2.16. The minimum Gasteiger partial charge on any atom is -0.444 e. The molecule has 1 atom stereocenters. The van der Waals surface area contributed by atoms with Gasteiger partial charge < -0.3 is 4.74 Å². The minimum atomic E-state index is -0.531. The zero-order chi connectivity index (χ0) is 19.3. The zero-order valence-corrected chi connectivity index (χ0v) is 15.2. The fourth-order valence-corrected chi connectivity index (χ4v) is 3.44. The minimum absolute atomic E-state index is 0.167. The smallest absolute Gasteiger partial charge is 0.415 e. The molecule has 1 aliphatic heterocycles. The van der Waals surface area contributed by atoms with E-state index in [1.54, 1.807) is 4.90 Å². The van der Waals surface area contributed by atoms with Crippen LogP contribution in [0.15, 0.2) is 90.5 Å². The molecular weight excluding hydrogens is 350 g/mol. The summed E-state index contributed by atoms with van der Waals surface area (Å²) in [6, 6.07) is 26.0. The van der Waals surface area contributed by atoms with Gasteiger partial charge in [0.2, 0.25) is 0 Å². The van der Waals surface area contributed by atoms with Gasteiger partial charge in [0.1, 0.15) is 12.9 Å². The highest BCUT2D eigenvalue weighted by molar-refractivity contribution is 5.99. The molecule has 0 saturated heterocycles. The van der Waals surface area contributed by atoms with E-state index in [2.05, 4.69) is 0 Å². The van der Waals surface area contributed by atoms with Crippen molar-refractivity contribution in [3.63, 3.8) is 0 Å². The monoisotopic (exact) mass is 369 g/mol. The van der Waals surface area contributed by atoms with Crippen molar-refractivity contribution in [1.29, 1.82) is 0 Å². The highest BCUT2D eigenvalue weighted by Gasteiger charge is 2.35. The standard InChI is InChI=1S/C24H19NO3/c26-16-21-15-20-13-7-8-14-22(20)25(23(21)19-11-5-2-6-12-19)24(27)28-17-18-9-3-1-4-10-18/h1-16,23H,17H2/t23-/m1/s1. The predicted molar refractivity (Wildman–Crippen MR) is 109 cm³/mol. The van der Waals surface area contributed by atoms with E-state index in [1.807, 2.05) is 91.0 Å². The Morgan fingerprint density at radius 1 is 0.893 bits per heavy atom. The topological polar surface area (TPSA) is 46.6 Å². The maximum Gasteiger partial charge on any atom is 0.415 e. The number of hydrogen-bond acceptors (Lipinski definition) is 3. The van der Waals surface area contributed by atoms with Crippen molar-refractivity contribution in [1.82, 2.24) is 0 Å². The number of carbonyl (C=O) groups excluding carboxylic acids is 2. The van der Waals surface area contributed by atoms with Gasteiger partial charge in [-0.2, -0.15) is 0 Å².